The standard InChI is InChI=1S/C19H20Cl2N2O4/c1-2-26-14-4-6-15(7-5-14)27-10-9-22-18(24)12-23-19(25)16-8-3-13(20)11-17(16)21/h3-8,11H,2,9-10,12H2,1H3,(H,22,24)(H,23,25). The fourth-order valence-corrected chi connectivity index (χ4v) is 2.64. The van der Waals surface area contributed by atoms with Gasteiger partial charge in [-0.2, -0.15) is 0 Å². The number of ether oxygens (including phenoxy) is 2. The summed E-state index contributed by atoms with van der Waals surface area (Å²) in [5.74, 6) is 0.675. The van der Waals surface area contributed by atoms with Crippen molar-refractivity contribution in [3.8, 4) is 11.5 Å². The maximum atomic E-state index is 12.0. The van der Waals surface area contributed by atoms with Gasteiger partial charge in [-0.3, -0.25) is 9.59 Å². The van der Waals surface area contributed by atoms with Gasteiger partial charge >= 0.3 is 0 Å². The van der Waals surface area contributed by atoms with Crippen LogP contribution in [0.3, 0.4) is 0 Å². The normalized spacial score (nSPS) is 10.2. The van der Waals surface area contributed by atoms with Crippen LogP contribution in [0.25, 0.3) is 0 Å². The Hall–Kier alpha value is -2.44. The monoisotopic (exact) mass is 410 g/mol. The minimum Gasteiger partial charge on any atom is -0.494 e. The molecule has 0 aliphatic heterocycles. The Bertz CT molecular complexity index is 782. The molecule has 2 aromatic carbocycles. The second kappa shape index (κ2) is 10.6. The molecule has 0 spiro atoms. The summed E-state index contributed by atoms with van der Waals surface area (Å²) >= 11 is 11.7. The lowest BCUT2D eigenvalue weighted by molar-refractivity contribution is -0.120. The Morgan fingerprint density at radius 2 is 1.63 bits per heavy atom. The second-order valence-electron chi connectivity index (χ2n) is 5.41. The lowest BCUT2D eigenvalue weighted by Crippen LogP contribution is -2.38. The van der Waals surface area contributed by atoms with E-state index in [1.165, 1.54) is 12.1 Å². The topological polar surface area (TPSA) is 76.7 Å². The average Bonchev–Trinajstić information content (AvgIpc) is 2.65. The van der Waals surface area contributed by atoms with Gasteiger partial charge in [-0.25, -0.2) is 0 Å². The van der Waals surface area contributed by atoms with E-state index in [-0.39, 0.29) is 23.0 Å². The molecule has 0 fully saturated rings. The van der Waals surface area contributed by atoms with E-state index in [4.69, 9.17) is 32.7 Å². The molecule has 8 heteroatoms. The molecule has 6 nitrogen and oxygen atoms in total. The first kappa shape index (κ1) is 20.9. The minimum absolute atomic E-state index is 0.166. The largest absolute Gasteiger partial charge is 0.494 e. The molecule has 0 unspecified atom stereocenters. The second-order valence-corrected chi connectivity index (χ2v) is 6.25. The molecule has 144 valence electrons. The molecule has 0 saturated carbocycles. The highest BCUT2D eigenvalue weighted by atomic mass is 35.5. The zero-order chi connectivity index (χ0) is 19.6. The van der Waals surface area contributed by atoms with Gasteiger partial charge in [0, 0.05) is 5.02 Å². The molecule has 0 heterocycles. The first-order valence-corrected chi connectivity index (χ1v) is 9.10. The number of amides is 2. The van der Waals surface area contributed by atoms with Gasteiger partial charge in [0.25, 0.3) is 5.91 Å². The Morgan fingerprint density at radius 1 is 0.963 bits per heavy atom. The summed E-state index contributed by atoms with van der Waals surface area (Å²) in [7, 11) is 0. The average molecular weight is 411 g/mol. The number of halogens is 2. The van der Waals surface area contributed by atoms with E-state index in [0.29, 0.717) is 30.5 Å². The summed E-state index contributed by atoms with van der Waals surface area (Å²) < 4.78 is 10.9. The third-order valence-electron chi connectivity index (χ3n) is 3.41. The first-order valence-electron chi connectivity index (χ1n) is 8.35. The molecule has 2 aromatic rings. The van der Waals surface area contributed by atoms with Crippen LogP contribution in [-0.2, 0) is 4.79 Å². The fraction of sp³-hybridized carbons (Fsp3) is 0.263. The zero-order valence-electron chi connectivity index (χ0n) is 14.8. The number of hydrogen-bond acceptors (Lipinski definition) is 4. The van der Waals surface area contributed by atoms with Crippen molar-refractivity contribution in [3.05, 3.63) is 58.1 Å². The van der Waals surface area contributed by atoms with Crippen LogP contribution in [0, 0.1) is 0 Å². The smallest absolute Gasteiger partial charge is 0.253 e. The fourth-order valence-electron chi connectivity index (χ4n) is 2.15. The molecule has 0 aliphatic rings. The van der Waals surface area contributed by atoms with Gasteiger partial charge in [-0.1, -0.05) is 23.2 Å². The van der Waals surface area contributed by atoms with E-state index in [0.717, 1.165) is 5.75 Å². The van der Waals surface area contributed by atoms with Crippen LogP contribution in [-0.4, -0.2) is 38.1 Å². The molecular formula is C19H20Cl2N2O4. The molecule has 27 heavy (non-hydrogen) atoms. The predicted octanol–water partition coefficient (Wildman–Crippen LogP) is 3.32. The third kappa shape index (κ3) is 7.00. The van der Waals surface area contributed by atoms with E-state index >= 15 is 0 Å². The quantitative estimate of drug-likeness (QED) is 0.621. The van der Waals surface area contributed by atoms with Crippen LogP contribution in [0.2, 0.25) is 10.0 Å². The number of nitrogens with one attached hydrogen (secondary N) is 2. The minimum atomic E-state index is -0.447. The molecule has 2 amide bonds. The molecule has 0 aromatic heterocycles. The summed E-state index contributed by atoms with van der Waals surface area (Å²) in [5.41, 5.74) is 0.257. The van der Waals surface area contributed by atoms with Gasteiger partial charge in [-0.15, -0.1) is 0 Å². The Morgan fingerprint density at radius 3 is 2.26 bits per heavy atom. The summed E-state index contributed by atoms with van der Waals surface area (Å²) in [5, 5.41) is 5.82. The van der Waals surface area contributed by atoms with Gasteiger partial charge in [-0.05, 0) is 49.4 Å². The highest BCUT2D eigenvalue weighted by Crippen LogP contribution is 2.20. The predicted molar refractivity (Wildman–Crippen MR) is 105 cm³/mol. The molecule has 0 atom stereocenters. The van der Waals surface area contributed by atoms with Crippen LogP contribution < -0.4 is 20.1 Å². The number of benzene rings is 2. The maximum Gasteiger partial charge on any atom is 0.253 e. The molecule has 0 aliphatic carbocycles. The van der Waals surface area contributed by atoms with Crippen molar-refractivity contribution in [1.29, 1.82) is 0 Å². The van der Waals surface area contributed by atoms with E-state index in [1.54, 1.807) is 18.2 Å². The van der Waals surface area contributed by atoms with Gasteiger partial charge < -0.3 is 20.1 Å². The Balaban J connectivity index is 1.66. The van der Waals surface area contributed by atoms with E-state index in [1.807, 2.05) is 19.1 Å². The summed E-state index contributed by atoms with van der Waals surface area (Å²) in [6, 6.07) is 11.7. The summed E-state index contributed by atoms with van der Waals surface area (Å²) in [6.07, 6.45) is 0. The third-order valence-corrected chi connectivity index (χ3v) is 3.96. The number of hydrogen-bond donors (Lipinski definition) is 2. The van der Waals surface area contributed by atoms with Gasteiger partial charge in [0.1, 0.15) is 18.1 Å². The zero-order valence-corrected chi connectivity index (χ0v) is 16.3. The number of carbonyl (C=O) groups is 2. The van der Waals surface area contributed by atoms with E-state index in [2.05, 4.69) is 10.6 Å². The van der Waals surface area contributed by atoms with Crippen molar-refractivity contribution >= 4 is 35.0 Å². The van der Waals surface area contributed by atoms with Crippen LogP contribution >= 0.6 is 23.2 Å². The Kier molecular flexibility index (Phi) is 8.23. The Labute approximate surface area is 167 Å². The highest BCUT2D eigenvalue weighted by Gasteiger charge is 2.11. The van der Waals surface area contributed by atoms with Crippen LogP contribution in [0.15, 0.2) is 42.5 Å². The number of carbonyl (C=O) groups excluding carboxylic acids is 2. The van der Waals surface area contributed by atoms with Gasteiger partial charge in [0.2, 0.25) is 5.91 Å². The van der Waals surface area contributed by atoms with E-state index < -0.39 is 5.91 Å². The molecule has 2 rings (SSSR count). The highest BCUT2D eigenvalue weighted by molar-refractivity contribution is 6.36. The lowest BCUT2D eigenvalue weighted by Gasteiger charge is -2.10. The van der Waals surface area contributed by atoms with Crippen molar-refractivity contribution in [2.45, 2.75) is 6.92 Å². The molecular weight excluding hydrogens is 391 g/mol. The summed E-state index contributed by atoms with van der Waals surface area (Å²) in [6.45, 7) is 2.97. The molecule has 0 saturated heterocycles. The maximum absolute atomic E-state index is 12.0. The number of rotatable bonds is 9. The van der Waals surface area contributed by atoms with Crippen LogP contribution in [0.5, 0.6) is 11.5 Å². The van der Waals surface area contributed by atoms with Crippen LogP contribution in [0.4, 0.5) is 0 Å². The van der Waals surface area contributed by atoms with Crippen LogP contribution in [0.1, 0.15) is 17.3 Å². The van der Waals surface area contributed by atoms with Crippen molar-refractivity contribution in [2.24, 2.45) is 0 Å². The van der Waals surface area contributed by atoms with Crippen molar-refractivity contribution in [2.75, 3.05) is 26.3 Å². The van der Waals surface area contributed by atoms with Crippen molar-refractivity contribution in [3.63, 3.8) is 0 Å². The summed E-state index contributed by atoms with van der Waals surface area (Å²) in [4.78, 5) is 23.8. The molecule has 0 radical (unpaired) electrons. The van der Waals surface area contributed by atoms with Crippen molar-refractivity contribution in [1.82, 2.24) is 10.6 Å². The van der Waals surface area contributed by atoms with Crippen molar-refractivity contribution < 1.29 is 19.1 Å². The molecule has 0 bridgehead atoms. The lowest BCUT2D eigenvalue weighted by atomic mass is 10.2. The van der Waals surface area contributed by atoms with E-state index in [9.17, 15) is 9.59 Å². The van der Waals surface area contributed by atoms with Gasteiger partial charge in [0.05, 0.1) is 30.3 Å². The SMILES string of the molecule is CCOc1ccc(OCCNC(=O)CNC(=O)c2ccc(Cl)cc2Cl)cc1. The van der Waals surface area contributed by atoms with Gasteiger partial charge in [0.15, 0.2) is 0 Å². The first-order chi connectivity index (χ1) is 13.0. The molecule has 2 N–H and O–H groups in total.